The average Bonchev–Trinajstić information content (AvgIpc) is 1.81. The smallest absolute Gasteiger partial charge is 0.0928 e. The number of halogens is 2. The minimum Gasteiger partial charge on any atom is -0.251 e. The third kappa shape index (κ3) is 5.60. The molecule has 0 unspecified atom stereocenters. The second-order valence-electron chi connectivity index (χ2n) is 1.43. The number of hydrogen-bond acceptors (Lipinski definition) is 0. The Kier molecular flexibility index (Phi) is 6.27. The maximum absolute atomic E-state index is 11.3. The molecule has 0 bridgehead atoms. The van der Waals surface area contributed by atoms with E-state index in [2.05, 4.69) is 0 Å². The van der Waals surface area contributed by atoms with Crippen molar-refractivity contribution in [2.75, 3.05) is 13.3 Å². The molecule has 0 fully saturated rings. The molecule has 0 radical (unpaired) electrons. The first kappa shape index (κ1) is 7.60. The van der Waals surface area contributed by atoms with Crippen LogP contribution in [0.25, 0.3) is 0 Å². The van der Waals surface area contributed by atoms with Crippen LogP contribution in [0.3, 0.4) is 0 Å². The maximum atomic E-state index is 11.3. The minimum absolute atomic E-state index is 0.344. The van der Waals surface area contributed by atoms with Crippen molar-refractivity contribution in [3.05, 3.63) is 12.2 Å². The fourth-order valence-corrected chi connectivity index (χ4v) is 0.362. The average molecular weight is 120 g/mol. The SMILES string of the molecule is FCCC=CCCF. The lowest BCUT2D eigenvalue weighted by atomic mass is 10.3. The van der Waals surface area contributed by atoms with E-state index >= 15 is 0 Å². The molecule has 0 aromatic heterocycles. The molecule has 2 heteroatoms. The molecule has 8 heavy (non-hydrogen) atoms. The molecule has 0 aliphatic rings. The van der Waals surface area contributed by atoms with Gasteiger partial charge in [0.15, 0.2) is 0 Å². The van der Waals surface area contributed by atoms with E-state index in [1.165, 1.54) is 0 Å². The van der Waals surface area contributed by atoms with Crippen molar-refractivity contribution < 1.29 is 8.78 Å². The van der Waals surface area contributed by atoms with Crippen LogP contribution in [-0.2, 0) is 0 Å². The normalized spacial score (nSPS) is 10.8. The van der Waals surface area contributed by atoms with Crippen LogP contribution in [-0.4, -0.2) is 13.3 Å². The molecule has 0 aromatic carbocycles. The Balaban J connectivity index is 2.83. The van der Waals surface area contributed by atoms with Gasteiger partial charge in [-0.1, -0.05) is 12.2 Å². The summed E-state index contributed by atoms with van der Waals surface area (Å²) < 4.78 is 22.6. The first-order chi connectivity index (χ1) is 3.91. The van der Waals surface area contributed by atoms with Gasteiger partial charge in [-0.05, 0) is 12.8 Å². The summed E-state index contributed by atoms with van der Waals surface area (Å²) in [6.45, 7) is -0.689. The number of allylic oxidation sites excluding steroid dienone is 2. The van der Waals surface area contributed by atoms with Gasteiger partial charge in [-0.3, -0.25) is 8.78 Å². The van der Waals surface area contributed by atoms with E-state index < -0.39 is 0 Å². The largest absolute Gasteiger partial charge is 0.251 e. The van der Waals surface area contributed by atoms with E-state index in [0.717, 1.165) is 0 Å². The first-order valence-electron chi connectivity index (χ1n) is 2.68. The van der Waals surface area contributed by atoms with E-state index in [1.54, 1.807) is 12.2 Å². The van der Waals surface area contributed by atoms with Crippen molar-refractivity contribution in [3.63, 3.8) is 0 Å². The number of alkyl halides is 2. The minimum atomic E-state index is -0.344. The monoisotopic (exact) mass is 120 g/mol. The molecular formula is C6H10F2. The molecule has 0 amide bonds. The predicted molar refractivity (Wildman–Crippen MR) is 30.3 cm³/mol. The highest BCUT2D eigenvalue weighted by Crippen LogP contribution is 1.87. The van der Waals surface area contributed by atoms with Gasteiger partial charge in [0.05, 0.1) is 13.3 Å². The third-order valence-electron chi connectivity index (χ3n) is 0.718. The Morgan fingerprint density at radius 3 is 1.50 bits per heavy atom. The Morgan fingerprint density at radius 1 is 0.875 bits per heavy atom. The molecule has 0 heterocycles. The highest BCUT2D eigenvalue weighted by Gasteiger charge is 1.75. The second-order valence-corrected chi connectivity index (χ2v) is 1.43. The van der Waals surface area contributed by atoms with Crippen molar-refractivity contribution >= 4 is 0 Å². The zero-order chi connectivity index (χ0) is 6.24. The topological polar surface area (TPSA) is 0 Å². The predicted octanol–water partition coefficient (Wildman–Crippen LogP) is 2.26. The lowest BCUT2D eigenvalue weighted by Gasteiger charge is -1.80. The fourth-order valence-electron chi connectivity index (χ4n) is 0.362. The van der Waals surface area contributed by atoms with Crippen LogP contribution >= 0.6 is 0 Å². The summed E-state index contributed by atoms with van der Waals surface area (Å²) >= 11 is 0. The lowest BCUT2D eigenvalue weighted by Crippen LogP contribution is -1.70. The summed E-state index contributed by atoms with van der Waals surface area (Å²) in [5, 5.41) is 0. The Bertz CT molecular complexity index is 51.5. The Morgan fingerprint density at radius 2 is 1.25 bits per heavy atom. The molecule has 0 aliphatic heterocycles. The van der Waals surface area contributed by atoms with Crippen LogP contribution in [0, 0.1) is 0 Å². The number of hydrogen-bond donors (Lipinski definition) is 0. The van der Waals surface area contributed by atoms with Crippen molar-refractivity contribution in [1.29, 1.82) is 0 Å². The van der Waals surface area contributed by atoms with E-state index in [0.29, 0.717) is 12.8 Å². The molecule has 0 saturated carbocycles. The van der Waals surface area contributed by atoms with Gasteiger partial charge in [0, 0.05) is 0 Å². The van der Waals surface area contributed by atoms with Gasteiger partial charge in [0.1, 0.15) is 0 Å². The molecular weight excluding hydrogens is 110 g/mol. The molecule has 0 saturated heterocycles. The molecule has 0 aromatic rings. The quantitative estimate of drug-likeness (QED) is 0.499. The van der Waals surface area contributed by atoms with E-state index in [1.807, 2.05) is 0 Å². The Hall–Kier alpha value is -0.400. The summed E-state index contributed by atoms with van der Waals surface area (Å²) in [7, 11) is 0. The number of rotatable bonds is 4. The summed E-state index contributed by atoms with van der Waals surface area (Å²) in [4.78, 5) is 0. The van der Waals surface area contributed by atoms with Crippen molar-refractivity contribution in [1.82, 2.24) is 0 Å². The zero-order valence-electron chi connectivity index (χ0n) is 4.74. The van der Waals surface area contributed by atoms with Crippen molar-refractivity contribution in [3.8, 4) is 0 Å². The van der Waals surface area contributed by atoms with Crippen molar-refractivity contribution in [2.45, 2.75) is 12.8 Å². The summed E-state index contributed by atoms with van der Waals surface area (Å²) in [5.41, 5.74) is 0. The van der Waals surface area contributed by atoms with Crippen LogP contribution in [0.4, 0.5) is 8.78 Å². The molecule has 0 rings (SSSR count). The first-order valence-corrected chi connectivity index (χ1v) is 2.68. The Labute approximate surface area is 48.2 Å². The molecule has 0 spiro atoms. The van der Waals surface area contributed by atoms with Crippen LogP contribution < -0.4 is 0 Å². The van der Waals surface area contributed by atoms with Crippen LogP contribution in [0.2, 0.25) is 0 Å². The summed E-state index contributed by atoms with van der Waals surface area (Å²) in [6, 6.07) is 0. The van der Waals surface area contributed by atoms with Crippen molar-refractivity contribution in [2.24, 2.45) is 0 Å². The maximum Gasteiger partial charge on any atom is 0.0928 e. The van der Waals surface area contributed by atoms with Gasteiger partial charge in [0.2, 0.25) is 0 Å². The van der Waals surface area contributed by atoms with Crippen LogP contribution in [0.5, 0.6) is 0 Å². The van der Waals surface area contributed by atoms with Gasteiger partial charge in [-0.2, -0.15) is 0 Å². The van der Waals surface area contributed by atoms with Gasteiger partial charge in [-0.25, -0.2) is 0 Å². The summed E-state index contributed by atoms with van der Waals surface area (Å²) in [6.07, 6.45) is 4.14. The van der Waals surface area contributed by atoms with Gasteiger partial charge >= 0.3 is 0 Å². The molecule has 0 nitrogen and oxygen atoms in total. The van der Waals surface area contributed by atoms with E-state index in [4.69, 9.17) is 0 Å². The summed E-state index contributed by atoms with van der Waals surface area (Å²) in [5.74, 6) is 0. The third-order valence-corrected chi connectivity index (χ3v) is 0.718. The second kappa shape index (κ2) is 6.60. The van der Waals surface area contributed by atoms with Gasteiger partial charge < -0.3 is 0 Å². The molecule has 0 N–H and O–H groups in total. The highest BCUT2D eigenvalue weighted by molar-refractivity contribution is 4.80. The van der Waals surface area contributed by atoms with Gasteiger partial charge in [0.25, 0.3) is 0 Å². The fraction of sp³-hybridized carbons (Fsp3) is 0.667. The van der Waals surface area contributed by atoms with E-state index in [-0.39, 0.29) is 13.3 Å². The molecule has 0 aliphatic carbocycles. The van der Waals surface area contributed by atoms with Crippen LogP contribution in [0.1, 0.15) is 12.8 Å². The zero-order valence-corrected chi connectivity index (χ0v) is 4.74. The van der Waals surface area contributed by atoms with E-state index in [9.17, 15) is 8.78 Å². The molecule has 0 atom stereocenters. The highest BCUT2D eigenvalue weighted by atomic mass is 19.1. The molecule has 48 valence electrons. The standard InChI is InChI=1S/C6H10F2/c7-5-3-1-2-4-6-8/h1-2H,3-6H2. The lowest BCUT2D eigenvalue weighted by molar-refractivity contribution is 0.493. The van der Waals surface area contributed by atoms with Crippen LogP contribution in [0.15, 0.2) is 12.2 Å². The van der Waals surface area contributed by atoms with Gasteiger partial charge in [-0.15, -0.1) is 0 Å².